The molecule has 1 aliphatic heterocycles. The van der Waals surface area contributed by atoms with Crippen molar-refractivity contribution in [2.24, 2.45) is 0 Å². The lowest BCUT2D eigenvalue weighted by atomic mass is 9.94. The molecule has 0 unspecified atom stereocenters. The van der Waals surface area contributed by atoms with Gasteiger partial charge in [-0.05, 0) is 36.6 Å². The molecule has 0 bridgehead atoms. The van der Waals surface area contributed by atoms with Gasteiger partial charge in [-0.1, -0.05) is 71.3 Å². The molecule has 1 aromatic rings. The van der Waals surface area contributed by atoms with Crippen molar-refractivity contribution < 1.29 is 4.79 Å². The van der Waals surface area contributed by atoms with Crippen molar-refractivity contribution in [3.63, 3.8) is 0 Å². The number of thioether (sulfide) groups is 1. The van der Waals surface area contributed by atoms with Crippen LogP contribution in [0.15, 0.2) is 33.6 Å². The van der Waals surface area contributed by atoms with E-state index in [1.165, 1.54) is 31.0 Å². The van der Waals surface area contributed by atoms with Crippen molar-refractivity contribution in [3.05, 3.63) is 39.2 Å². The van der Waals surface area contributed by atoms with Crippen molar-refractivity contribution in [1.82, 2.24) is 4.90 Å². The highest BCUT2D eigenvalue weighted by Crippen LogP contribution is 2.37. The maximum Gasteiger partial charge on any atom is 0.266 e. The van der Waals surface area contributed by atoms with Gasteiger partial charge in [0.1, 0.15) is 4.32 Å². The molecular weight excluding hydrogens is 366 g/mol. The number of carbonyl (C=O) groups excluding carboxylic acids is 1. The fourth-order valence-corrected chi connectivity index (χ4v) is 4.70. The molecule has 5 heteroatoms. The van der Waals surface area contributed by atoms with Crippen LogP contribution in [-0.2, 0) is 4.79 Å². The zero-order valence-corrected chi connectivity index (χ0v) is 14.8. The molecule has 2 nitrogen and oxygen atoms in total. The molecule has 0 spiro atoms. The minimum Gasteiger partial charge on any atom is -0.290 e. The van der Waals surface area contributed by atoms with Crippen LogP contribution in [0.25, 0.3) is 6.08 Å². The van der Waals surface area contributed by atoms with Crippen molar-refractivity contribution >= 4 is 56.2 Å². The number of hydrogen-bond donors (Lipinski definition) is 0. The van der Waals surface area contributed by atoms with Crippen LogP contribution in [0.5, 0.6) is 0 Å². The predicted octanol–water partition coefficient (Wildman–Crippen LogP) is 4.98. The second-order valence-electron chi connectivity index (χ2n) is 5.40. The van der Waals surface area contributed by atoms with E-state index in [4.69, 9.17) is 12.2 Å². The third-order valence-electron chi connectivity index (χ3n) is 3.91. The summed E-state index contributed by atoms with van der Waals surface area (Å²) in [7, 11) is 0. The van der Waals surface area contributed by atoms with E-state index in [0.29, 0.717) is 10.4 Å². The zero-order valence-electron chi connectivity index (χ0n) is 11.5. The van der Waals surface area contributed by atoms with Crippen molar-refractivity contribution in [3.8, 4) is 0 Å². The van der Waals surface area contributed by atoms with Crippen LogP contribution in [0, 0.1) is 0 Å². The zero-order chi connectivity index (χ0) is 14.8. The number of benzene rings is 1. The van der Waals surface area contributed by atoms with E-state index in [1.54, 1.807) is 0 Å². The predicted molar refractivity (Wildman–Crippen MR) is 96.0 cm³/mol. The van der Waals surface area contributed by atoms with Gasteiger partial charge in [0, 0.05) is 10.5 Å². The molecule has 0 atom stereocenters. The average Bonchev–Trinajstić information content (AvgIpc) is 2.74. The molecule has 1 amide bonds. The van der Waals surface area contributed by atoms with E-state index in [-0.39, 0.29) is 5.91 Å². The molecule has 1 heterocycles. The van der Waals surface area contributed by atoms with Crippen molar-refractivity contribution in [2.75, 3.05) is 0 Å². The quantitative estimate of drug-likeness (QED) is 0.531. The molecule has 1 saturated heterocycles. The molecule has 0 aromatic heterocycles. The summed E-state index contributed by atoms with van der Waals surface area (Å²) in [5, 5.41) is 0. The molecule has 1 aliphatic carbocycles. The van der Waals surface area contributed by atoms with Gasteiger partial charge in [-0.15, -0.1) is 0 Å². The van der Waals surface area contributed by atoms with Crippen molar-refractivity contribution in [1.29, 1.82) is 0 Å². The van der Waals surface area contributed by atoms with Gasteiger partial charge < -0.3 is 0 Å². The van der Waals surface area contributed by atoms with Gasteiger partial charge in [0.2, 0.25) is 0 Å². The van der Waals surface area contributed by atoms with E-state index >= 15 is 0 Å². The topological polar surface area (TPSA) is 20.3 Å². The maximum absolute atomic E-state index is 12.6. The molecule has 2 aliphatic rings. The summed E-state index contributed by atoms with van der Waals surface area (Å²) in [6.45, 7) is 0. The van der Waals surface area contributed by atoms with Crippen LogP contribution < -0.4 is 0 Å². The van der Waals surface area contributed by atoms with Gasteiger partial charge in [0.25, 0.3) is 5.91 Å². The molecule has 0 N–H and O–H groups in total. The number of hydrogen-bond acceptors (Lipinski definition) is 3. The molecule has 1 saturated carbocycles. The Hall–Kier alpha value is -0.650. The molecule has 3 rings (SSSR count). The second-order valence-corrected chi connectivity index (χ2v) is 7.99. The molecule has 110 valence electrons. The minimum atomic E-state index is 0.0804. The van der Waals surface area contributed by atoms with Crippen LogP contribution in [0.4, 0.5) is 0 Å². The highest BCUT2D eigenvalue weighted by atomic mass is 79.9. The molecule has 1 aromatic carbocycles. The average molecular weight is 382 g/mol. The molecule has 2 fully saturated rings. The summed E-state index contributed by atoms with van der Waals surface area (Å²) in [6.07, 6.45) is 7.78. The Kier molecular flexibility index (Phi) is 4.82. The lowest BCUT2D eigenvalue weighted by Crippen LogP contribution is -2.39. The maximum atomic E-state index is 12.6. The summed E-state index contributed by atoms with van der Waals surface area (Å²) in [4.78, 5) is 15.2. The third kappa shape index (κ3) is 3.41. The van der Waals surface area contributed by atoms with E-state index in [1.807, 2.05) is 35.2 Å². The lowest BCUT2D eigenvalue weighted by Gasteiger charge is -2.29. The normalized spacial score (nSPS) is 22.3. The van der Waals surface area contributed by atoms with Gasteiger partial charge in [0.05, 0.1) is 4.91 Å². The Morgan fingerprint density at radius 2 is 2.05 bits per heavy atom. The highest BCUT2D eigenvalue weighted by Gasteiger charge is 2.37. The summed E-state index contributed by atoms with van der Waals surface area (Å²) < 4.78 is 1.73. The van der Waals surface area contributed by atoms with Crippen LogP contribution >= 0.6 is 39.9 Å². The Morgan fingerprint density at radius 3 is 2.76 bits per heavy atom. The summed E-state index contributed by atoms with van der Waals surface area (Å²) >= 11 is 10.3. The standard InChI is InChI=1S/C16H16BrNOS2/c17-12-6-4-5-11(9-12)10-14-15(19)18(16(20)21-14)13-7-2-1-3-8-13/h4-6,9-10,13H,1-3,7-8H2/b14-10+. The number of rotatable bonds is 2. The van der Waals surface area contributed by atoms with Crippen molar-refractivity contribution in [2.45, 2.75) is 38.1 Å². The largest absolute Gasteiger partial charge is 0.290 e. The van der Waals surface area contributed by atoms with Gasteiger partial charge in [-0.2, -0.15) is 0 Å². The first-order chi connectivity index (χ1) is 10.1. The van der Waals surface area contributed by atoms with Crippen LogP contribution in [-0.4, -0.2) is 21.2 Å². The number of amides is 1. The first-order valence-electron chi connectivity index (χ1n) is 7.18. The van der Waals surface area contributed by atoms with E-state index in [2.05, 4.69) is 15.9 Å². The fourth-order valence-electron chi connectivity index (χ4n) is 2.88. The lowest BCUT2D eigenvalue weighted by molar-refractivity contribution is -0.124. The number of carbonyl (C=O) groups is 1. The SMILES string of the molecule is O=C1/C(=C\c2cccc(Br)c2)SC(=S)N1C1CCCCC1. The van der Waals surface area contributed by atoms with E-state index in [9.17, 15) is 4.79 Å². The molecule has 0 radical (unpaired) electrons. The highest BCUT2D eigenvalue weighted by molar-refractivity contribution is 9.10. The first-order valence-corrected chi connectivity index (χ1v) is 9.19. The smallest absolute Gasteiger partial charge is 0.266 e. The number of thiocarbonyl (C=S) groups is 1. The van der Waals surface area contributed by atoms with Crippen LogP contribution in [0.2, 0.25) is 0 Å². The van der Waals surface area contributed by atoms with Crippen LogP contribution in [0.1, 0.15) is 37.7 Å². The van der Waals surface area contributed by atoms with Gasteiger partial charge in [0.15, 0.2) is 0 Å². The third-order valence-corrected chi connectivity index (χ3v) is 5.73. The van der Waals surface area contributed by atoms with Gasteiger partial charge in [-0.3, -0.25) is 9.69 Å². The van der Waals surface area contributed by atoms with E-state index in [0.717, 1.165) is 27.8 Å². The van der Waals surface area contributed by atoms with Gasteiger partial charge >= 0.3 is 0 Å². The Bertz CT molecular complexity index is 608. The minimum absolute atomic E-state index is 0.0804. The summed E-state index contributed by atoms with van der Waals surface area (Å²) in [5.74, 6) is 0.0804. The summed E-state index contributed by atoms with van der Waals surface area (Å²) in [5.41, 5.74) is 1.02. The monoisotopic (exact) mass is 381 g/mol. The van der Waals surface area contributed by atoms with Crippen LogP contribution in [0.3, 0.4) is 0 Å². The Balaban J connectivity index is 1.82. The first kappa shape index (κ1) is 15.3. The molecule has 21 heavy (non-hydrogen) atoms. The number of halogens is 1. The Morgan fingerprint density at radius 1 is 1.29 bits per heavy atom. The van der Waals surface area contributed by atoms with Gasteiger partial charge in [-0.25, -0.2) is 0 Å². The van der Waals surface area contributed by atoms with E-state index < -0.39 is 0 Å². The fraction of sp³-hybridized carbons (Fsp3) is 0.375. The Labute approximate surface area is 143 Å². The second kappa shape index (κ2) is 6.63. The molecular formula is C16H16BrNOS2. The summed E-state index contributed by atoms with van der Waals surface area (Å²) in [6, 6.07) is 8.26. The number of nitrogens with zero attached hydrogens (tertiary/aromatic N) is 1.